The lowest BCUT2D eigenvalue weighted by Crippen LogP contribution is -2.55. The summed E-state index contributed by atoms with van der Waals surface area (Å²) in [7, 11) is 0. The molecule has 3 atom stereocenters. The molecule has 1 N–H and O–H groups in total. The van der Waals surface area contributed by atoms with Gasteiger partial charge in [-0.15, -0.1) is 0 Å². The molecule has 0 aliphatic carbocycles. The van der Waals surface area contributed by atoms with E-state index in [1.807, 2.05) is 65.6 Å². The van der Waals surface area contributed by atoms with Gasteiger partial charge < -0.3 is 24.6 Å². The number of hydrogen-bond donors (Lipinski definition) is 1. The molecule has 4 aliphatic heterocycles. The first-order valence-corrected chi connectivity index (χ1v) is 11.6. The normalized spacial score (nSPS) is 24.4. The van der Waals surface area contributed by atoms with Crippen molar-refractivity contribution in [2.24, 2.45) is 0 Å². The first-order valence-electron chi connectivity index (χ1n) is 11.2. The predicted octanol–water partition coefficient (Wildman–Crippen LogP) is 3.56. The van der Waals surface area contributed by atoms with E-state index in [9.17, 15) is 9.59 Å². The van der Waals surface area contributed by atoms with Crippen LogP contribution >= 0.6 is 12.2 Å². The number of imide groups is 1. The van der Waals surface area contributed by atoms with Gasteiger partial charge in [0.2, 0.25) is 6.79 Å². The SMILES string of the molecule is O=C1[C@H]2C3C[C@H](CN3C(=S)Nc3ccc4c(c3)OCO4)N2C(=O)N1c1cccc2ccccc12. The van der Waals surface area contributed by atoms with Crippen LogP contribution in [-0.4, -0.2) is 58.3 Å². The molecule has 2 bridgehead atoms. The van der Waals surface area contributed by atoms with Crippen molar-refractivity contribution >= 4 is 51.4 Å². The Morgan fingerprint density at radius 2 is 1.82 bits per heavy atom. The van der Waals surface area contributed by atoms with Crippen molar-refractivity contribution in [3.05, 3.63) is 60.7 Å². The van der Waals surface area contributed by atoms with Gasteiger partial charge in [0.1, 0.15) is 6.04 Å². The van der Waals surface area contributed by atoms with E-state index in [-0.39, 0.29) is 30.8 Å². The van der Waals surface area contributed by atoms with Crippen molar-refractivity contribution in [2.45, 2.75) is 24.5 Å². The molecule has 3 aromatic rings. The van der Waals surface area contributed by atoms with E-state index in [0.717, 1.165) is 22.9 Å². The molecule has 3 amide bonds. The Labute approximate surface area is 200 Å². The number of nitrogens with zero attached hydrogens (tertiary/aromatic N) is 3. The topological polar surface area (TPSA) is 74.4 Å². The number of carbonyl (C=O) groups excluding carboxylic acids is 2. The van der Waals surface area contributed by atoms with Gasteiger partial charge in [-0.2, -0.15) is 0 Å². The van der Waals surface area contributed by atoms with Crippen LogP contribution in [0.4, 0.5) is 16.2 Å². The van der Waals surface area contributed by atoms with E-state index in [1.54, 1.807) is 4.90 Å². The number of fused-ring (bicyclic) bond motifs is 7. The summed E-state index contributed by atoms with van der Waals surface area (Å²) >= 11 is 5.72. The van der Waals surface area contributed by atoms with Crippen molar-refractivity contribution in [1.82, 2.24) is 9.80 Å². The number of rotatable bonds is 2. The molecule has 3 saturated heterocycles. The average molecular weight is 473 g/mol. The number of carbonyl (C=O) groups is 2. The third-order valence-corrected chi connectivity index (χ3v) is 7.49. The van der Waals surface area contributed by atoms with Gasteiger partial charge in [-0.05, 0) is 42.2 Å². The monoisotopic (exact) mass is 472 g/mol. The molecule has 4 heterocycles. The summed E-state index contributed by atoms with van der Waals surface area (Å²) in [5.74, 6) is 1.18. The summed E-state index contributed by atoms with van der Waals surface area (Å²) in [5.41, 5.74) is 1.43. The summed E-state index contributed by atoms with van der Waals surface area (Å²) < 4.78 is 10.8. The number of likely N-dealkylation sites (tertiary alicyclic amines) is 1. The van der Waals surface area contributed by atoms with Gasteiger partial charge in [0.25, 0.3) is 5.91 Å². The number of ether oxygens (including phenoxy) is 2. The Kier molecular flexibility index (Phi) is 4.08. The van der Waals surface area contributed by atoms with E-state index in [2.05, 4.69) is 5.32 Å². The fraction of sp³-hybridized carbons (Fsp3) is 0.240. The molecule has 7 rings (SSSR count). The lowest BCUT2D eigenvalue weighted by Gasteiger charge is -2.36. The second kappa shape index (κ2) is 7.07. The number of anilines is 2. The highest BCUT2D eigenvalue weighted by molar-refractivity contribution is 7.80. The minimum Gasteiger partial charge on any atom is -0.454 e. The molecule has 8 nitrogen and oxygen atoms in total. The largest absolute Gasteiger partial charge is 0.454 e. The van der Waals surface area contributed by atoms with Crippen LogP contribution in [0.5, 0.6) is 11.5 Å². The van der Waals surface area contributed by atoms with Gasteiger partial charge in [0.15, 0.2) is 16.6 Å². The third-order valence-electron chi connectivity index (χ3n) is 7.16. The minimum atomic E-state index is -0.540. The maximum absolute atomic E-state index is 13.6. The molecule has 34 heavy (non-hydrogen) atoms. The van der Waals surface area contributed by atoms with Gasteiger partial charge >= 0.3 is 6.03 Å². The van der Waals surface area contributed by atoms with E-state index in [0.29, 0.717) is 28.8 Å². The number of piperazine rings is 1. The lowest BCUT2D eigenvalue weighted by molar-refractivity contribution is -0.120. The zero-order chi connectivity index (χ0) is 23.0. The van der Waals surface area contributed by atoms with Crippen molar-refractivity contribution in [3.8, 4) is 11.5 Å². The van der Waals surface area contributed by atoms with Crippen LogP contribution in [0.25, 0.3) is 10.8 Å². The van der Waals surface area contributed by atoms with Gasteiger partial charge in [0, 0.05) is 23.7 Å². The van der Waals surface area contributed by atoms with Crippen molar-refractivity contribution in [2.75, 3.05) is 23.6 Å². The van der Waals surface area contributed by atoms with Crippen LogP contribution in [-0.2, 0) is 4.79 Å². The molecule has 0 radical (unpaired) electrons. The summed E-state index contributed by atoms with van der Waals surface area (Å²) in [6.07, 6.45) is 0.731. The Morgan fingerprint density at radius 1 is 1.00 bits per heavy atom. The van der Waals surface area contributed by atoms with Crippen LogP contribution < -0.4 is 19.7 Å². The second-order valence-corrected chi connectivity index (χ2v) is 9.30. The standard InChI is InChI=1S/C25H20N4O4S/c30-23-22-19-11-16(12-27(19)24(34)26-15-8-9-20-21(10-15)33-13-32-20)28(22)25(31)29(23)18-7-3-5-14-4-1-2-6-17(14)18/h1-10,16,19,22H,11-13H2,(H,26,34)/t16-,19?,22-/m1/s1. The molecule has 0 spiro atoms. The smallest absolute Gasteiger partial charge is 0.332 e. The Balaban J connectivity index is 1.16. The number of nitrogens with one attached hydrogen (secondary N) is 1. The van der Waals surface area contributed by atoms with Gasteiger partial charge in [-0.3, -0.25) is 4.79 Å². The number of benzene rings is 3. The van der Waals surface area contributed by atoms with Crippen LogP contribution in [0.1, 0.15) is 6.42 Å². The molecular formula is C25H20N4O4S. The Bertz CT molecular complexity index is 1390. The average Bonchev–Trinajstić information content (AvgIpc) is 3.62. The van der Waals surface area contributed by atoms with Crippen LogP contribution in [0.2, 0.25) is 0 Å². The Morgan fingerprint density at radius 3 is 2.74 bits per heavy atom. The Hall–Kier alpha value is -3.85. The first-order chi connectivity index (χ1) is 16.6. The zero-order valence-electron chi connectivity index (χ0n) is 18.0. The maximum atomic E-state index is 13.6. The summed E-state index contributed by atoms with van der Waals surface area (Å²) in [6.45, 7) is 0.805. The van der Waals surface area contributed by atoms with E-state index < -0.39 is 6.04 Å². The zero-order valence-corrected chi connectivity index (χ0v) is 18.8. The molecule has 0 aromatic heterocycles. The molecule has 3 fully saturated rings. The first kappa shape index (κ1) is 19.6. The van der Waals surface area contributed by atoms with E-state index >= 15 is 0 Å². The third kappa shape index (κ3) is 2.67. The molecular weight excluding hydrogens is 452 g/mol. The molecule has 9 heteroatoms. The van der Waals surface area contributed by atoms with Crippen LogP contribution in [0.3, 0.4) is 0 Å². The number of hydrogen-bond acceptors (Lipinski definition) is 5. The fourth-order valence-electron chi connectivity index (χ4n) is 5.69. The number of urea groups is 1. The minimum absolute atomic E-state index is 0.0528. The highest BCUT2D eigenvalue weighted by Crippen LogP contribution is 2.44. The molecule has 3 aromatic carbocycles. The summed E-state index contributed by atoms with van der Waals surface area (Å²) in [4.78, 5) is 32.2. The van der Waals surface area contributed by atoms with Crippen molar-refractivity contribution < 1.29 is 19.1 Å². The van der Waals surface area contributed by atoms with E-state index in [1.165, 1.54) is 4.90 Å². The van der Waals surface area contributed by atoms with Crippen LogP contribution in [0, 0.1) is 0 Å². The van der Waals surface area contributed by atoms with Gasteiger partial charge in [0.05, 0.1) is 17.8 Å². The molecule has 1 unspecified atom stereocenters. The van der Waals surface area contributed by atoms with E-state index in [4.69, 9.17) is 21.7 Å². The van der Waals surface area contributed by atoms with Crippen molar-refractivity contribution in [1.29, 1.82) is 0 Å². The summed E-state index contributed by atoms with van der Waals surface area (Å²) in [6, 6.07) is 18.1. The quantitative estimate of drug-likeness (QED) is 0.452. The van der Waals surface area contributed by atoms with Gasteiger partial charge in [-0.1, -0.05) is 36.4 Å². The lowest BCUT2D eigenvalue weighted by atomic mass is 10.1. The van der Waals surface area contributed by atoms with Crippen LogP contribution in [0.15, 0.2) is 60.7 Å². The number of thiocarbonyl (C=S) groups is 1. The van der Waals surface area contributed by atoms with Crippen molar-refractivity contribution in [3.63, 3.8) is 0 Å². The highest BCUT2D eigenvalue weighted by atomic mass is 32.1. The number of amides is 3. The molecule has 4 aliphatic rings. The molecule has 0 saturated carbocycles. The van der Waals surface area contributed by atoms with Gasteiger partial charge in [-0.25, -0.2) is 9.69 Å². The predicted molar refractivity (Wildman–Crippen MR) is 130 cm³/mol. The summed E-state index contributed by atoms with van der Waals surface area (Å²) in [5, 5.41) is 5.68. The second-order valence-electron chi connectivity index (χ2n) is 8.91. The highest BCUT2D eigenvalue weighted by Gasteiger charge is 2.62. The molecule has 170 valence electrons. The maximum Gasteiger partial charge on any atom is 0.332 e. The fourth-order valence-corrected chi connectivity index (χ4v) is 6.01.